The zero-order chi connectivity index (χ0) is 16.2. The first-order valence-corrected chi connectivity index (χ1v) is 7.10. The third-order valence-corrected chi connectivity index (χ3v) is 3.53. The minimum atomic E-state index is -0.198. The zero-order valence-corrected chi connectivity index (χ0v) is 12.9. The van der Waals surface area contributed by atoms with E-state index in [2.05, 4.69) is 10.3 Å². The van der Waals surface area contributed by atoms with Crippen LogP contribution >= 0.6 is 0 Å². The number of nitrogens with one attached hydrogen (secondary N) is 1. The highest BCUT2D eigenvalue weighted by atomic mass is 16.5. The molecule has 0 unspecified atom stereocenters. The van der Waals surface area contributed by atoms with Crippen molar-refractivity contribution in [2.45, 2.75) is 0 Å². The lowest BCUT2D eigenvalue weighted by Crippen LogP contribution is -2.12. The molecule has 0 aliphatic carbocycles. The first kappa shape index (κ1) is 14.8. The van der Waals surface area contributed by atoms with E-state index < -0.39 is 0 Å². The van der Waals surface area contributed by atoms with E-state index in [-0.39, 0.29) is 5.91 Å². The molecule has 116 valence electrons. The number of hydrogen-bond acceptors (Lipinski definition) is 4. The van der Waals surface area contributed by atoms with Crippen molar-refractivity contribution in [3.63, 3.8) is 0 Å². The van der Waals surface area contributed by atoms with Gasteiger partial charge >= 0.3 is 0 Å². The Morgan fingerprint density at radius 1 is 1.00 bits per heavy atom. The standard InChI is InChI=1S/C18H16N2O3/c1-22-16-9-8-12(11-17(16)23-2)20-18(21)14-5-3-7-15-13(14)6-4-10-19-15/h3-11H,1-2H3,(H,20,21). The van der Waals surface area contributed by atoms with E-state index in [0.29, 0.717) is 22.7 Å². The fraction of sp³-hybridized carbons (Fsp3) is 0.111. The number of methoxy groups -OCH3 is 2. The molecule has 1 amide bonds. The second kappa shape index (κ2) is 6.36. The number of hydrogen-bond donors (Lipinski definition) is 1. The summed E-state index contributed by atoms with van der Waals surface area (Å²) in [6.07, 6.45) is 1.71. The predicted molar refractivity (Wildman–Crippen MR) is 89.2 cm³/mol. The van der Waals surface area contributed by atoms with Crippen molar-refractivity contribution in [1.82, 2.24) is 4.98 Å². The number of anilines is 1. The molecule has 5 heteroatoms. The highest BCUT2D eigenvalue weighted by Gasteiger charge is 2.12. The number of aromatic nitrogens is 1. The maximum Gasteiger partial charge on any atom is 0.256 e. The molecule has 0 aliphatic rings. The molecule has 3 aromatic rings. The molecule has 0 atom stereocenters. The number of fused-ring (bicyclic) bond motifs is 1. The van der Waals surface area contributed by atoms with E-state index in [4.69, 9.17) is 9.47 Å². The molecular formula is C18H16N2O3. The van der Waals surface area contributed by atoms with Gasteiger partial charge in [0.05, 0.1) is 19.7 Å². The Kier molecular flexibility index (Phi) is 4.10. The van der Waals surface area contributed by atoms with Crippen LogP contribution in [0.15, 0.2) is 54.7 Å². The number of pyridine rings is 1. The highest BCUT2D eigenvalue weighted by Crippen LogP contribution is 2.30. The lowest BCUT2D eigenvalue weighted by Gasteiger charge is -2.11. The van der Waals surface area contributed by atoms with Crippen LogP contribution in [0.1, 0.15) is 10.4 Å². The van der Waals surface area contributed by atoms with Crippen LogP contribution in [-0.2, 0) is 0 Å². The van der Waals surface area contributed by atoms with E-state index in [1.165, 1.54) is 0 Å². The van der Waals surface area contributed by atoms with Crippen LogP contribution in [0.2, 0.25) is 0 Å². The lowest BCUT2D eigenvalue weighted by atomic mass is 10.1. The Balaban J connectivity index is 1.92. The van der Waals surface area contributed by atoms with Gasteiger partial charge in [-0.3, -0.25) is 9.78 Å². The third-order valence-electron chi connectivity index (χ3n) is 3.53. The first-order valence-electron chi connectivity index (χ1n) is 7.10. The van der Waals surface area contributed by atoms with E-state index in [9.17, 15) is 4.79 Å². The van der Waals surface area contributed by atoms with E-state index in [1.54, 1.807) is 44.7 Å². The largest absolute Gasteiger partial charge is 0.493 e. The van der Waals surface area contributed by atoms with Crippen LogP contribution in [0.4, 0.5) is 5.69 Å². The average molecular weight is 308 g/mol. The Hall–Kier alpha value is -3.08. The second-order valence-electron chi connectivity index (χ2n) is 4.90. The van der Waals surface area contributed by atoms with Crippen LogP contribution in [0.5, 0.6) is 11.5 Å². The summed E-state index contributed by atoms with van der Waals surface area (Å²) in [6.45, 7) is 0. The first-order chi connectivity index (χ1) is 11.2. The van der Waals surface area contributed by atoms with Crippen molar-refractivity contribution in [3.05, 3.63) is 60.3 Å². The molecule has 1 N–H and O–H groups in total. The molecule has 3 rings (SSSR count). The van der Waals surface area contributed by atoms with Gasteiger partial charge in [0.15, 0.2) is 11.5 Å². The van der Waals surface area contributed by atoms with Crippen LogP contribution in [0.3, 0.4) is 0 Å². The Labute approximate surface area is 133 Å². The van der Waals surface area contributed by atoms with Crippen molar-refractivity contribution >= 4 is 22.5 Å². The van der Waals surface area contributed by atoms with Gasteiger partial charge in [0.2, 0.25) is 0 Å². The zero-order valence-electron chi connectivity index (χ0n) is 12.9. The minimum Gasteiger partial charge on any atom is -0.493 e. The van der Waals surface area contributed by atoms with Crippen LogP contribution < -0.4 is 14.8 Å². The fourth-order valence-corrected chi connectivity index (χ4v) is 2.41. The van der Waals surface area contributed by atoms with E-state index in [1.807, 2.05) is 24.3 Å². The molecule has 5 nitrogen and oxygen atoms in total. The van der Waals surface area contributed by atoms with Crippen molar-refractivity contribution in [2.75, 3.05) is 19.5 Å². The maximum atomic E-state index is 12.6. The third kappa shape index (κ3) is 2.94. The monoisotopic (exact) mass is 308 g/mol. The molecule has 1 aromatic heterocycles. The van der Waals surface area contributed by atoms with Crippen molar-refractivity contribution in [1.29, 1.82) is 0 Å². The van der Waals surface area contributed by atoms with Crippen molar-refractivity contribution < 1.29 is 14.3 Å². The number of rotatable bonds is 4. The molecule has 2 aromatic carbocycles. The van der Waals surface area contributed by atoms with Crippen LogP contribution in [0.25, 0.3) is 10.9 Å². The van der Waals surface area contributed by atoms with Crippen LogP contribution in [0, 0.1) is 0 Å². The van der Waals surface area contributed by atoms with Crippen molar-refractivity contribution in [3.8, 4) is 11.5 Å². The Morgan fingerprint density at radius 3 is 2.61 bits per heavy atom. The average Bonchev–Trinajstić information content (AvgIpc) is 2.61. The molecule has 0 spiro atoms. The van der Waals surface area contributed by atoms with Gasteiger partial charge < -0.3 is 14.8 Å². The molecular weight excluding hydrogens is 292 g/mol. The van der Waals surface area contributed by atoms with Gasteiger partial charge in [-0.25, -0.2) is 0 Å². The van der Waals surface area contributed by atoms with Gasteiger partial charge in [-0.2, -0.15) is 0 Å². The smallest absolute Gasteiger partial charge is 0.256 e. The number of carbonyl (C=O) groups excluding carboxylic acids is 1. The van der Waals surface area contributed by atoms with Gasteiger partial charge in [-0.15, -0.1) is 0 Å². The summed E-state index contributed by atoms with van der Waals surface area (Å²) in [5.41, 5.74) is 1.99. The SMILES string of the molecule is COc1ccc(NC(=O)c2cccc3ncccc23)cc1OC. The number of ether oxygens (including phenoxy) is 2. The second-order valence-corrected chi connectivity index (χ2v) is 4.90. The van der Waals surface area contributed by atoms with Gasteiger partial charge in [-0.05, 0) is 30.3 Å². The maximum absolute atomic E-state index is 12.6. The number of nitrogens with zero attached hydrogens (tertiary/aromatic N) is 1. The molecule has 0 saturated heterocycles. The van der Waals surface area contributed by atoms with Crippen molar-refractivity contribution in [2.24, 2.45) is 0 Å². The molecule has 23 heavy (non-hydrogen) atoms. The van der Waals surface area contributed by atoms with Crippen LogP contribution in [-0.4, -0.2) is 25.1 Å². The Bertz CT molecular complexity index is 857. The summed E-state index contributed by atoms with van der Waals surface area (Å²) in [5.74, 6) is 0.973. The fourth-order valence-electron chi connectivity index (χ4n) is 2.41. The molecule has 0 radical (unpaired) electrons. The number of amides is 1. The van der Waals surface area contributed by atoms with Gasteiger partial charge in [0.25, 0.3) is 5.91 Å². The van der Waals surface area contributed by atoms with Gasteiger partial charge in [-0.1, -0.05) is 12.1 Å². The molecule has 0 bridgehead atoms. The summed E-state index contributed by atoms with van der Waals surface area (Å²) in [5, 5.41) is 3.69. The normalized spacial score (nSPS) is 10.3. The minimum absolute atomic E-state index is 0.198. The van der Waals surface area contributed by atoms with E-state index in [0.717, 1.165) is 10.9 Å². The lowest BCUT2D eigenvalue weighted by molar-refractivity contribution is 0.102. The molecule has 1 heterocycles. The van der Waals surface area contributed by atoms with Gasteiger partial charge in [0, 0.05) is 28.9 Å². The summed E-state index contributed by atoms with van der Waals surface area (Å²) in [7, 11) is 3.12. The van der Waals surface area contributed by atoms with Gasteiger partial charge in [0.1, 0.15) is 0 Å². The topological polar surface area (TPSA) is 60.5 Å². The summed E-state index contributed by atoms with van der Waals surface area (Å²) in [4.78, 5) is 16.8. The number of benzene rings is 2. The molecule has 0 saturated carbocycles. The molecule has 0 fully saturated rings. The highest BCUT2D eigenvalue weighted by molar-refractivity contribution is 6.12. The number of carbonyl (C=O) groups is 1. The Morgan fingerprint density at radius 2 is 1.83 bits per heavy atom. The quantitative estimate of drug-likeness (QED) is 0.801. The summed E-state index contributed by atoms with van der Waals surface area (Å²) >= 11 is 0. The molecule has 0 aliphatic heterocycles. The predicted octanol–water partition coefficient (Wildman–Crippen LogP) is 3.50. The van der Waals surface area contributed by atoms with E-state index >= 15 is 0 Å². The summed E-state index contributed by atoms with van der Waals surface area (Å²) in [6, 6.07) is 14.4. The summed E-state index contributed by atoms with van der Waals surface area (Å²) < 4.78 is 10.4.